The van der Waals surface area contributed by atoms with Crippen molar-refractivity contribution < 1.29 is 8.78 Å². The van der Waals surface area contributed by atoms with Gasteiger partial charge in [-0.25, -0.2) is 18.7 Å². The van der Waals surface area contributed by atoms with Gasteiger partial charge >= 0.3 is 0 Å². The van der Waals surface area contributed by atoms with Crippen molar-refractivity contribution in [2.75, 3.05) is 10.6 Å². The van der Waals surface area contributed by atoms with Crippen LogP contribution in [0.1, 0.15) is 11.1 Å². The van der Waals surface area contributed by atoms with Crippen LogP contribution in [0.15, 0.2) is 54.9 Å². The van der Waals surface area contributed by atoms with Crippen molar-refractivity contribution in [2.45, 2.75) is 13.5 Å². The van der Waals surface area contributed by atoms with Gasteiger partial charge in [-0.2, -0.15) is 0 Å². The Bertz CT molecular complexity index is 852. The molecule has 0 fully saturated rings. The average Bonchev–Trinajstić information content (AvgIpc) is 2.56. The van der Waals surface area contributed by atoms with E-state index in [1.807, 2.05) is 25.1 Å². The van der Waals surface area contributed by atoms with Crippen LogP contribution in [0.25, 0.3) is 0 Å². The smallest absolute Gasteiger partial charge is 0.149 e. The molecule has 4 nitrogen and oxygen atoms in total. The molecule has 0 amide bonds. The Morgan fingerprint density at radius 3 is 2.58 bits per heavy atom. The maximum absolute atomic E-state index is 13.7. The van der Waals surface area contributed by atoms with E-state index in [1.54, 1.807) is 6.07 Å². The van der Waals surface area contributed by atoms with E-state index in [4.69, 9.17) is 0 Å². The predicted octanol–water partition coefficient (Wildman–Crippen LogP) is 4.42. The summed E-state index contributed by atoms with van der Waals surface area (Å²) in [5.74, 6) is -0.275. The van der Waals surface area contributed by atoms with Crippen molar-refractivity contribution in [3.05, 3.63) is 77.6 Å². The molecule has 24 heavy (non-hydrogen) atoms. The third-order valence-electron chi connectivity index (χ3n) is 3.42. The number of hydrogen-bond acceptors (Lipinski definition) is 4. The van der Waals surface area contributed by atoms with Crippen LogP contribution in [0.4, 0.5) is 26.1 Å². The fourth-order valence-electron chi connectivity index (χ4n) is 2.27. The van der Waals surface area contributed by atoms with Crippen LogP contribution in [-0.2, 0) is 6.54 Å². The van der Waals surface area contributed by atoms with E-state index in [0.717, 1.165) is 11.6 Å². The highest BCUT2D eigenvalue weighted by molar-refractivity contribution is 5.59. The van der Waals surface area contributed by atoms with Gasteiger partial charge in [0.05, 0.1) is 5.69 Å². The molecule has 0 aliphatic carbocycles. The molecule has 1 heterocycles. The topological polar surface area (TPSA) is 49.8 Å². The van der Waals surface area contributed by atoms with Crippen LogP contribution in [0.3, 0.4) is 0 Å². The van der Waals surface area contributed by atoms with Gasteiger partial charge in [0, 0.05) is 18.7 Å². The number of nitrogens with one attached hydrogen (secondary N) is 2. The molecule has 0 unspecified atom stereocenters. The Morgan fingerprint density at radius 2 is 1.79 bits per heavy atom. The Morgan fingerprint density at radius 1 is 0.958 bits per heavy atom. The summed E-state index contributed by atoms with van der Waals surface area (Å²) in [7, 11) is 0. The van der Waals surface area contributed by atoms with Crippen LogP contribution in [0, 0.1) is 18.6 Å². The summed E-state index contributed by atoms with van der Waals surface area (Å²) >= 11 is 0. The number of benzene rings is 2. The maximum Gasteiger partial charge on any atom is 0.149 e. The van der Waals surface area contributed by atoms with E-state index in [9.17, 15) is 8.78 Å². The van der Waals surface area contributed by atoms with E-state index >= 15 is 0 Å². The highest BCUT2D eigenvalue weighted by Gasteiger charge is 2.06. The fourth-order valence-corrected chi connectivity index (χ4v) is 2.27. The molecular formula is C18H16F2N4. The largest absolute Gasteiger partial charge is 0.366 e. The first-order valence-corrected chi connectivity index (χ1v) is 7.44. The van der Waals surface area contributed by atoms with Crippen molar-refractivity contribution in [1.82, 2.24) is 9.97 Å². The van der Waals surface area contributed by atoms with Gasteiger partial charge in [0.2, 0.25) is 0 Å². The normalized spacial score (nSPS) is 10.5. The van der Waals surface area contributed by atoms with Crippen molar-refractivity contribution in [1.29, 1.82) is 0 Å². The van der Waals surface area contributed by atoms with Crippen molar-refractivity contribution >= 4 is 17.3 Å². The molecule has 0 saturated heterocycles. The van der Waals surface area contributed by atoms with E-state index in [1.165, 1.54) is 24.0 Å². The first kappa shape index (κ1) is 15.9. The molecule has 0 radical (unpaired) electrons. The summed E-state index contributed by atoms with van der Waals surface area (Å²) in [4.78, 5) is 8.18. The van der Waals surface area contributed by atoms with Crippen LogP contribution in [0.2, 0.25) is 0 Å². The molecule has 0 atom stereocenters. The lowest BCUT2D eigenvalue weighted by Gasteiger charge is -2.09. The molecule has 6 heteroatoms. The van der Waals surface area contributed by atoms with Gasteiger partial charge in [0.25, 0.3) is 0 Å². The highest BCUT2D eigenvalue weighted by Crippen LogP contribution is 2.20. The summed E-state index contributed by atoms with van der Waals surface area (Å²) in [6.45, 7) is 2.65. The van der Waals surface area contributed by atoms with Crippen molar-refractivity contribution in [3.63, 3.8) is 0 Å². The summed E-state index contributed by atoms with van der Waals surface area (Å²) < 4.78 is 26.6. The first-order valence-electron chi connectivity index (χ1n) is 7.44. The molecule has 0 aliphatic heterocycles. The molecule has 0 spiro atoms. The molecule has 0 saturated carbocycles. The molecule has 0 bridgehead atoms. The summed E-state index contributed by atoms with van der Waals surface area (Å²) in [5, 5.41) is 6.01. The van der Waals surface area contributed by atoms with Gasteiger partial charge in [-0.15, -0.1) is 0 Å². The predicted molar refractivity (Wildman–Crippen MR) is 90.2 cm³/mol. The van der Waals surface area contributed by atoms with E-state index in [2.05, 4.69) is 26.7 Å². The van der Waals surface area contributed by atoms with Gasteiger partial charge in [-0.05, 0) is 24.6 Å². The number of anilines is 3. The molecule has 0 aliphatic rings. The second-order valence-corrected chi connectivity index (χ2v) is 5.38. The Hall–Kier alpha value is -3.02. The standard InChI is InChI=1S/C18H16F2N4/c1-12-3-2-4-13(7-12)10-21-17-9-18(23-11-22-17)24-16-6-5-14(19)8-15(16)20/h2-9,11H,10H2,1H3,(H2,21,22,23,24). The fraction of sp³-hybridized carbons (Fsp3) is 0.111. The number of hydrogen-bond donors (Lipinski definition) is 2. The van der Waals surface area contributed by atoms with Crippen LogP contribution in [0.5, 0.6) is 0 Å². The quantitative estimate of drug-likeness (QED) is 0.729. The lowest BCUT2D eigenvalue weighted by molar-refractivity contribution is 0.586. The Labute approximate surface area is 138 Å². The van der Waals surface area contributed by atoms with Crippen molar-refractivity contribution in [3.8, 4) is 0 Å². The molecule has 1 aromatic heterocycles. The minimum Gasteiger partial charge on any atom is -0.366 e. The lowest BCUT2D eigenvalue weighted by Crippen LogP contribution is -2.03. The van der Waals surface area contributed by atoms with Crippen LogP contribution >= 0.6 is 0 Å². The Kier molecular flexibility index (Phi) is 4.65. The molecule has 2 aromatic carbocycles. The third-order valence-corrected chi connectivity index (χ3v) is 3.42. The summed E-state index contributed by atoms with van der Waals surface area (Å²) in [5.41, 5.74) is 2.47. The number of nitrogens with zero attached hydrogens (tertiary/aromatic N) is 2. The van der Waals surface area contributed by atoms with Gasteiger partial charge in [-0.3, -0.25) is 0 Å². The molecular weight excluding hydrogens is 310 g/mol. The number of aromatic nitrogens is 2. The zero-order chi connectivity index (χ0) is 16.9. The summed E-state index contributed by atoms with van der Waals surface area (Å²) in [6, 6.07) is 13.1. The second kappa shape index (κ2) is 7.04. The third kappa shape index (κ3) is 4.04. The molecule has 3 aromatic rings. The zero-order valence-electron chi connectivity index (χ0n) is 13.1. The van der Waals surface area contributed by atoms with Gasteiger partial charge < -0.3 is 10.6 Å². The molecule has 2 N–H and O–H groups in total. The van der Waals surface area contributed by atoms with E-state index < -0.39 is 11.6 Å². The van der Waals surface area contributed by atoms with Crippen LogP contribution < -0.4 is 10.6 Å². The zero-order valence-corrected chi connectivity index (χ0v) is 13.1. The molecule has 122 valence electrons. The Balaban J connectivity index is 1.69. The van der Waals surface area contributed by atoms with Crippen LogP contribution in [-0.4, -0.2) is 9.97 Å². The molecule has 3 rings (SSSR count). The second-order valence-electron chi connectivity index (χ2n) is 5.38. The maximum atomic E-state index is 13.7. The lowest BCUT2D eigenvalue weighted by atomic mass is 10.1. The number of rotatable bonds is 5. The minimum atomic E-state index is -0.678. The van der Waals surface area contributed by atoms with Gasteiger partial charge in [0.1, 0.15) is 29.6 Å². The highest BCUT2D eigenvalue weighted by atomic mass is 19.1. The minimum absolute atomic E-state index is 0.153. The average molecular weight is 326 g/mol. The van der Waals surface area contributed by atoms with E-state index in [-0.39, 0.29) is 5.69 Å². The van der Waals surface area contributed by atoms with E-state index in [0.29, 0.717) is 18.2 Å². The first-order chi connectivity index (χ1) is 11.6. The number of aryl methyl sites for hydroxylation is 1. The van der Waals surface area contributed by atoms with Crippen molar-refractivity contribution in [2.24, 2.45) is 0 Å². The monoisotopic (exact) mass is 326 g/mol. The SMILES string of the molecule is Cc1cccc(CNc2cc(Nc3ccc(F)cc3F)ncn2)c1. The van der Waals surface area contributed by atoms with Gasteiger partial charge in [0.15, 0.2) is 0 Å². The number of halogens is 2. The van der Waals surface area contributed by atoms with Gasteiger partial charge in [-0.1, -0.05) is 29.8 Å². The summed E-state index contributed by atoms with van der Waals surface area (Å²) in [6.07, 6.45) is 1.38.